The number of aryl methyl sites for hydroxylation is 2. The summed E-state index contributed by atoms with van der Waals surface area (Å²) < 4.78 is 43.9. The molecule has 0 atom stereocenters. The molecule has 1 aliphatic heterocycles. The molecule has 1 saturated heterocycles. The molecule has 3 aromatic rings. The minimum Gasteiger partial charge on any atom is -0.387 e. The highest BCUT2D eigenvalue weighted by Crippen LogP contribution is 2.35. The fourth-order valence-corrected chi connectivity index (χ4v) is 5.60. The number of rotatable bonds is 9. The van der Waals surface area contributed by atoms with Gasteiger partial charge in [0.15, 0.2) is 5.78 Å². The number of pyridine rings is 1. The Morgan fingerprint density at radius 3 is 2.25 bits per heavy atom. The molecule has 4 rings (SSSR count). The third-order valence-corrected chi connectivity index (χ3v) is 7.89. The second-order valence-corrected chi connectivity index (χ2v) is 10.5. The third kappa shape index (κ3) is 6.25. The summed E-state index contributed by atoms with van der Waals surface area (Å²) >= 11 is 0. The number of benzene rings is 1. The summed E-state index contributed by atoms with van der Waals surface area (Å²) in [4.78, 5) is 67.2. The number of fused-ring (bicyclic) bond motifs is 1. The Balaban J connectivity index is 1.86. The third-order valence-electron chi connectivity index (χ3n) is 7.89. The molecule has 44 heavy (non-hydrogen) atoms. The molecule has 2 aromatic heterocycles. The number of carbonyl (C=O) groups excluding carboxylic acids is 4. The smallest absolute Gasteiger partial charge is 0.387 e. The Kier molecular flexibility index (Phi) is 9.62. The summed E-state index contributed by atoms with van der Waals surface area (Å²) in [6.45, 7) is 2.00. The van der Waals surface area contributed by atoms with Crippen LogP contribution < -0.4 is 15.8 Å². The quantitative estimate of drug-likeness (QED) is 0.355. The van der Waals surface area contributed by atoms with Crippen LogP contribution in [0.25, 0.3) is 10.9 Å². The molecule has 0 saturated carbocycles. The van der Waals surface area contributed by atoms with E-state index in [2.05, 4.69) is 5.32 Å². The predicted molar refractivity (Wildman–Crippen MR) is 156 cm³/mol. The lowest BCUT2D eigenvalue weighted by Crippen LogP contribution is -2.48. The van der Waals surface area contributed by atoms with Gasteiger partial charge in [0.1, 0.15) is 12.3 Å². The van der Waals surface area contributed by atoms with E-state index in [1.807, 2.05) is 0 Å². The average molecular weight is 618 g/mol. The van der Waals surface area contributed by atoms with Gasteiger partial charge in [-0.25, -0.2) is 0 Å². The topological polar surface area (TPSA) is 134 Å². The van der Waals surface area contributed by atoms with Gasteiger partial charge in [0.05, 0.1) is 23.1 Å². The van der Waals surface area contributed by atoms with Crippen molar-refractivity contribution in [2.45, 2.75) is 51.9 Å². The first kappa shape index (κ1) is 32.5. The van der Waals surface area contributed by atoms with E-state index in [4.69, 9.17) is 5.11 Å². The number of amides is 3. The average Bonchev–Trinajstić information content (AvgIpc) is 3.30. The molecular weight excluding hydrogens is 583 g/mol. The van der Waals surface area contributed by atoms with Gasteiger partial charge < -0.3 is 29.4 Å². The van der Waals surface area contributed by atoms with Gasteiger partial charge in [-0.3, -0.25) is 24.0 Å². The minimum atomic E-state index is -5.30. The van der Waals surface area contributed by atoms with E-state index in [0.29, 0.717) is 35.4 Å². The highest BCUT2D eigenvalue weighted by Gasteiger charge is 2.45. The number of Topliss-reactive ketones (excluding diaryl/α,β-unsaturated/α-hetero) is 1. The molecule has 2 N–H and O–H groups in total. The van der Waals surface area contributed by atoms with Crippen molar-refractivity contribution in [2.75, 3.05) is 31.1 Å². The van der Waals surface area contributed by atoms with Gasteiger partial charge in [-0.1, -0.05) is 37.3 Å². The Morgan fingerprint density at radius 2 is 1.70 bits per heavy atom. The van der Waals surface area contributed by atoms with Crippen LogP contribution in [-0.2, 0) is 29.6 Å². The molecule has 0 bridgehead atoms. The highest BCUT2D eigenvalue weighted by molar-refractivity contribution is 6.14. The second kappa shape index (κ2) is 13.0. The van der Waals surface area contributed by atoms with Crippen molar-refractivity contribution in [2.24, 2.45) is 7.05 Å². The lowest BCUT2D eigenvalue weighted by molar-refractivity contribution is -0.170. The number of ketones is 1. The number of piperidine rings is 1. The molecule has 3 amide bonds. The molecule has 1 fully saturated rings. The van der Waals surface area contributed by atoms with Crippen LogP contribution in [0.3, 0.4) is 0 Å². The summed E-state index contributed by atoms with van der Waals surface area (Å²) in [6.07, 6.45) is -4.36. The van der Waals surface area contributed by atoms with Crippen LogP contribution in [0.2, 0.25) is 0 Å². The zero-order valence-corrected chi connectivity index (χ0v) is 24.6. The van der Waals surface area contributed by atoms with Gasteiger partial charge in [0, 0.05) is 44.0 Å². The number of carbonyl (C=O) groups is 4. The molecule has 0 spiro atoms. The lowest BCUT2D eigenvalue weighted by Gasteiger charge is -2.32. The van der Waals surface area contributed by atoms with Gasteiger partial charge in [0.2, 0.25) is 5.91 Å². The predicted octanol–water partition coefficient (Wildman–Crippen LogP) is 2.41. The number of hydrogen-bond donors (Lipinski definition) is 2. The summed E-state index contributed by atoms with van der Waals surface area (Å²) in [7, 11) is 1.42. The first-order valence-corrected chi connectivity index (χ1v) is 14.2. The zero-order chi connectivity index (χ0) is 32.3. The van der Waals surface area contributed by atoms with E-state index in [9.17, 15) is 37.1 Å². The number of alkyl halides is 3. The Hall–Kier alpha value is -4.46. The summed E-state index contributed by atoms with van der Waals surface area (Å²) in [6, 6.07) is 9.30. The van der Waals surface area contributed by atoms with Crippen LogP contribution in [0, 0.1) is 0 Å². The first-order chi connectivity index (χ1) is 20.8. The van der Waals surface area contributed by atoms with Gasteiger partial charge in [-0.15, -0.1) is 0 Å². The number of aromatic nitrogens is 2. The number of hydrogen-bond acceptors (Lipinski definition) is 6. The number of nitrogens with one attached hydrogen (secondary N) is 1. The van der Waals surface area contributed by atoms with E-state index in [1.54, 1.807) is 43.3 Å². The van der Waals surface area contributed by atoms with Crippen molar-refractivity contribution in [3.63, 3.8) is 0 Å². The number of aliphatic hydroxyl groups is 1. The molecule has 1 aromatic carbocycles. The van der Waals surface area contributed by atoms with Crippen molar-refractivity contribution < 1.29 is 37.5 Å². The summed E-state index contributed by atoms with van der Waals surface area (Å²) in [5.41, 5.74) is -0.739. The standard InChI is InChI=1S/C30H34F3N5O6/c1-4-20-15-21-24(28(43)38(20)16-22(40)18-9-7-6-8-10-18)25(37(5-2)29(44)30(31,32)33)26(35(21)3)27(42)34-19-11-13-36(14-12-19)23(41)17-39/h6-10,15,19,39H,4-5,11-14,16-17H2,1-3H3,(H,34,42). The Labute approximate surface area is 250 Å². The van der Waals surface area contributed by atoms with Crippen molar-refractivity contribution in [3.05, 3.63) is 63.7 Å². The molecule has 3 heterocycles. The number of anilines is 1. The van der Waals surface area contributed by atoms with E-state index in [0.717, 1.165) is 0 Å². The Bertz CT molecular complexity index is 1640. The fraction of sp³-hybridized carbons (Fsp3) is 0.433. The van der Waals surface area contributed by atoms with E-state index in [1.165, 1.54) is 28.0 Å². The van der Waals surface area contributed by atoms with Crippen molar-refractivity contribution >= 4 is 40.1 Å². The molecule has 1 aliphatic rings. The van der Waals surface area contributed by atoms with Crippen molar-refractivity contribution in [1.82, 2.24) is 19.4 Å². The van der Waals surface area contributed by atoms with Crippen LogP contribution in [0.1, 0.15) is 53.2 Å². The number of nitrogens with zero attached hydrogens (tertiary/aromatic N) is 4. The van der Waals surface area contributed by atoms with Crippen LogP contribution in [0.15, 0.2) is 41.2 Å². The van der Waals surface area contributed by atoms with Crippen LogP contribution in [-0.4, -0.2) is 81.1 Å². The van der Waals surface area contributed by atoms with Gasteiger partial charge in [0.25, 0.3) is 11.5 Å². The molecule has 0 aliphatic carbocycles. The van der Waals surface area contributed by atoms with Crippen LogP contribution in [0.4, 0.5) is 18.9 Å². The normalized spacial score (nSPS) is 14.1. The van der Waals surface area contributed by atoms with E-state index >= 15 is 0 Å². The number of aliphatic hydroxyl groups excluding tert-OH is 1. The largest absolute Gasteiger partial charge is 0.471 e. The maximum Gasteiger partial charge on any atom is 0.471 e. The Morgan fingerprint density at radius 1 is 1.07 bits per heavy atom. The number of likely N-dealkylation sites (tertiary alicyclic amines) is 1. The van der Waals surface area contributed by atoms with E-state index < -0.39 is 66.7 Å². The minimum absolute atomic E-state index is 0.132. The van der Waals surface area contributed by atoms with Gasteiger partial charge in [-0.2, -0.15) is 13.2 Å². The molecule has 236 valence electrons. The van der Waals surface area contributed by atoms with Crippen molar-refractivity contribution in [1.29, 1.82) is 0 Å². The molecule has 14 heteroatoms. The number of halogens is 3. The molecule has 0 radical (unpaired) electrons. The fourth-order valence-electron chi connectivity index (χ4n) is 5.60. The molecule has 11 nitrogen and oxygen atoms in total. The van der Waals surface area contributed by atoms with Gasteiger partial charge >= 0.3 is 12.1 Å². The van der Waals surface area contributed by atoms with E-state index in [-0.39, 0.29) is 29.7 Å². The van der Waals surface area contributed by atoms with Crippen LogP contribution >= 0.6 is 0 Å². The van der Waals surface area contributed by atoms with Crippen molar-refractivity contribution in [3.8, 4) is 0 Å². The monoisotopic (exact) mass is 617 g/mol. The first-order valence-electron chi connectivity index (χ1n) is 14.2. The molecular formula is C30H34F3N5O6. The second-order valence-electron chi connectivity index (χ2n) is 10.5. The van der Waals surface area contributed by atoms with Crippen LogP contribution in [0.5, 0.6) is 0 Å². The maximum absolute atomic E-state index is 14.1. The lowest BCUT2D eigenvalue weighted by atomic mass is 10.0. The molecule has 0 unspecified atom stereocenters. The maximum atomic E-state index is 14.1. The zero-order valence-electron chi connectivity index (χ0n) is 24.6. The SMILES string of the molecule is CCc1cc2c(c(N(CC)C(=O)C(F)(F)F)c(C(=O)NC3CCN(C(=O)CO)CC3)n2C)c(=O)n1CC(=O)c1ccccc1. The summed E-state index contributed by atoms with van der Waals surface area (Å²) in [5.74, 6) is -3.91. The van der Waals surface area contributed by atoms with Gasteiger partial charge in [-0.05, 0) is 32.3 Å². The summed E-state index contributed by atoms with van der Waals surface area (Å²) in [5, 5.41) is 11.6. The highest BCUT2D eigenvalue weighted by atomic mass is 19.4.